The minimum atomic E-state index is 0.112. The molecule has 0 spiro atoms. The van der Waals surface area contributed by atoms with Gasteiger partial charge in [-0.1, -0.05) is 12.1 Å². The van der Waals surface area contributed by atoms with Crippen LogP contribution >= 0.6 is 0 Å². The van der Waals surface area contributed by atoms with Crippen LogP contribution in [0.1, 0.15) is 24.7 Å². The Morgan fingerprint density at radius 3 is 2.80 bits per heavy atom. The SMILES string of the molecule is Cc1nc2ccccc2c(=O)n1C1CC1. The van der Waals surface area contributed by atoms with E-state index in [9.17, 15) is 4.79 Å². The Bertz CT molecular complexity index is 582. The van der Waals surface area contributed by atoms with Crippen LogP contribution in [0.25, 0.3) is 10.9 Å². The van der Waals surface area contributed by atoms with E-state index in [1.165, 1.54) is 0 Å². The molecule has 1 aliphatic rings. The molecular weight excluding hydrogens is 188 g/mol. The van der Waals surface area contributed by atoms with E-state index in [4.69, 9.17) is 0 Å². The molecule has 0 atom stereocenters. The maximum atomic E-state index is 12.2. The van der Waals surface area contributed by atoms with Crippen LogP contribution in [-0.2, 0) is 0 Å². The Morgan fingerprint density at radius 2 is 2.07 bits per heavy atom. The highest BCUT2D eigenvalue weighted by Crippen LogP contribution is 2.34. The third kappa shape index (κ3) is 1.27. The molecule has 3 rings (SSSR count). The number of para-hydroxylation sites is 1. The normalized spacial score (nSPS) is 15.8. The minimum Gasteiger partial charge on any atom is -0.293 e. The number of aryl methyl sites for hydroxylation is 1. The quantitative estimate of drug-likeness (QED) is 0.706. The number of rotatable bonds is 1. The van der Waals surface area contributed by atoms with Gasteiger partial charge in [-0.25, -0.2) is 4.98 Å². The summed E-state index contributed by atoms with van der Waals surface area (Å²) in [5.41, 5.74) is 0.914. The summed E-state index contributed by atoms with van der Waals surface area (Å²) in [5, 5.41) is 0.731. The Hall–Kier alpha value is -1.64. The fourth-order valence-electron chi connectivity index (χ4n) is 2.02. The maximum Gasteiger partial charge on any atom is 0.261 e. The molecular formula is C12H12N2O. The van der Waals surface area contributed by atoms with Crippen molar-refractivity contribution >= 4 is 10.9 Å². The molecule has 1 fully saturated rings. The highest BCUT2D eigenvalue weighted by atomic mass is 16.1. The van der Waals surface area contributed by atoms with Crippen LogP contribution in [0, 0.1) is 6.92 Å². The predicted octanol–water partition coefficient (Wildman–Crippen LogP) is 2.04. The van der Waals surface area contributed by atoms with E-state index in [0.29, 0.717) is 6.04 Å². The second-order valence-electron chi connectivity index (χ2n) is 4.08. The van der Waals surface area contributed by atoms with Gasteiger partial charge < -0.3 is 0 Å². The third-order valence-corrected chi connectivity index (χ3v) is 2.90. The van der Waals surface area contributed by atoms with Crippen LogP contribution in [0.3, 0.4) is 0 Å². The average molecular weight is 200 g/mol. The van der Waals surface area contributed by atoms with Crippen molar-refractivity contribution < 1.29 is 0 Å². The summed E-state index contributed by atoms with van der Waals surface area (Å²) in [4.78, 5) is 16.6. The molecule has 0 unspecified atom stereocenters. The lowest BCUT2D eigenvalue weighted by Gasteiger charge is -2.08. The second-order valence-corrected chi connectivity index (χ2v) is 4.08. The zero-order chi connectivity index (χ0) is 10.4. The first kappa shape index (κ1) is 8.65. The fraction of sp³-hybridized carbons (Fsp3) is 0.333. The van der Waals surface area contributed by atoms with E-state index in [1.807, 2.05) is 35.8 Å². The van der Waals surface area contributed by atoms with Gasteiger partial charge in [0.1, 0.15) is 5.82 Å². The van der Waals surface area contributed by atoms with Crippen molar-refractivity contribution in [2.45, 2.75) is 25.8 Å². The smallest absolute Gasteiger partial charge is 0.261 e. The van der Waals surface area contributed by atoms with Crippen molar-refractivity contribution in [2.75, 3.05) is 0 Å². The number of benzene rings is 1. The Kier molecular flexibility index (Phi) is 1.69. The largest absolute Gasteiger partial charge is 0.293 e. The first-order valence-electron chi connectivity index (χ1n) is 5.25. The summed E-state index contributed by atoms with van der Waals surface area (Å²) in [5.74, 6) is 0.834. The highest BCUT2D eigenvalue weighted by molar-refractivity contribution is 5.77. The van der Waals surface area contributed by atoms with Crippen LogP contribution in [-0.4, -0.2) is 9.55 Å². The predicted molar refractivity (Wildman–Crippen MR) is 59.0 cm³/mol. The van der Waals surface area contributed by atoms with Gasteiger partial charge in [0, 0.05) is 6.04 Å². The molecule has 1 saturated carbocycles. The van der Waals surface area contributed by atoms with E-state index in [0.717, 1.165) is 29.6 Å². The molecule has 76 valence electrons. The maximum absolute atomic E-state index is 12.2. The van der Waals surface area contributed by atoms with Crippen molar-refractivity contribution in [3.05, 3.63) is 40.4 Å². The molecule has 3 nitrogen and oxygen atoms in total. The van der Waals surface area contributed by atoms with Crippen molar-refractivity contribution in [1.29, 1.82) is 0 Å². The van der Waals surface area contributed by atoms with E-state index in [1.54, 1.807) is 0 Å². The molecule has 1 heterocycles. The number of hydrogen-bond acceptors (Lipinski definition) is 2. The van der Waals surface area contributed by atoms with Crippen molar-refractivity contribution in [2.24, 2.45) is 0 Å². The van der Waals surface area contributed by atoms with Gasteiger partial charge in [-0.2, -0.15) is 0 Å². The van der Waals surface area contributed by atoms with E-state index < -0.39 is 0 Å². The third-order valence-electron chi connectivity index (χ3n) is 2.90. The molecule has 1 aromatic carbocycles. The average Bonchev–Trinajstić information content (AvgIpc) is 3.02. The number of fused-ring (bicyclic) bond motifs is 1. The van der Waals surface area contributed by atoms with Crippen molar-refractivity contribution in [3.8, 4) is 0 Å². The van der Waals surface area contributed by atoms with Crippen LogP contribution in [0.5, 0.6) is 0 Å². The van der Waals surface area contributed by atoms with Gasteiger partial charge in [0.2, 0.25) is 0 Å². The lowest BCUT2D eigenvalue weighted by atomic mass is 10.2. The Balaban J connectivity index is 2.41. The van der Waals surface area contributed by atoms with Crippen LogP contribution < -0.4 is 5.56 Å². The minimum absolute atomic E-state index is 0.112. The van der Waals surface area contributed by atoms with E-state index in [2.05, 4.69) is 4.98 Å². The lowest BCUT2D eigenvalue weighted by Crippen LogP contribution is -2.22. The van der Waals surface area contributed by atoms with E-state index in [-0.39, 0.29) is 5.56 Å². The van der Waals surface area contributed by atoms with Crippen LogP contribution in [0.15, 0.2) is 29.1 Å². The first-order valence-corrected chi connectivity index (χ1v) is 5.25. The van der Waals surface area contributed by atoms with Gasteiger partial charge in [-0.15, -0.1) is 0 Å². The summed E-state index contributed by atoms with van der Waals surface area (Å²) in [6.07, 6.45) is 2.22. The zero-order valence-corrected chi connectivity index (χ0v) is 8.60. The van der Waals surface area contributed by atoms with Gasteiger partial charge in [0.15, 0.2) is 0 Å². The van der Waals surface area contributed by atoms with Crippen molar-refractivity contribution in [1.82, 2.24) is 9.55 Å². The topological polar surface area (TPSA) is 34.9 Å². The first-order chi connectivity index (χ1) is 7.27. The monoisotopic (exact) mass is 200 g/mol. The van der Waals surface area contributed by atoms with Gasteiger partial charge in [-0.05, 0) is 31.9 Å². The molecule has 0 bridgehead atoms. The van der Waals surface area contributed by atoms with E-state index >= 15 is 0 Å². The van der Waals surface area contributed by atoms with Crippen LogP contribution in [0.4, 0.5) is 0 Å². The fourth-order valence-corrected chi connectivity index (χ4v) is 2.02. The molecule has 0 saturated heterocycles. The van der Waals surface area contributed by atoms with Gasteiger partial charge in [0.25, 0.3) is 5.56 Å². The molecule has 0 N–H and O–H groups in total. The summed E-state index contributed by atoms with van der Waals surface area (Å²) in [6, 6.07) is 7.94. The standard InChI is InChI=1S/C12H12N2O/c1-8-13-11-5-3-2-4-10(11)12(15)14(8)9-6-7-9/h2-5,9H,6-7H2,1H3. The summed E-state index contributed by atoms with van der Waals surface area (Å²) in [7, 11) is 0. The molecule has 1 aliphatic carbocycles. The van der Waals surface area contributed by atoms with Crippen LogP contribution in [0.2, 0.25) is 0 Å². The molecule has 2 aromatic rings. The molecule has 0 amide bonds. The second kappa shape index (κ2) is 2.92. The molecule has 0 radical (unpaired) electrons. The Labute approximate surface area is 87.4 Å². The van der Waals surface area contributed by atoms with Crippen molar-refractivity contribution in [3.63, 3.8) is 0 Å². The van der Waals surface area contributed by atoms with Gasteiger partial charge >= 0.3 is 0 Å². The van der Waals surface area contributed by atoms with Gasteiger partial charge in [-0.3, -0.25) is 9.36 Å². The molecule has 0 aliphatic heterocycles. The molecule has 3 heteroatoms. The summed E-state index contributed by atoms with van der Waals surface area (Å²) in [6.45, 7) is 1.91. The van der Waals surface area contributed by atoms with Gasteiger partial charge in [0.05, 0.1) is 10.9 Å². The lowest BCUT2D eigenvalue weighted by molar-refractivity contribution is 0.668. The number of aromatic nitrogens is 2. The summed E-state index contributed by atoms with van der Waals surface area (Å²) >= 11 is 0. The molecule has 15 heavy (non-hydrogen) atoms. The zero-order valence-electron chi connectivity index (χ0n) is 8.60. The molecule has 1 aromatic heterocycles. The number of nitrogens with zero attached hydrogens (tertiary/aromatic N) is 2. The highest BCUT2D eigenvalue weighted by Gasteiger charge is 2.26. The summed E-state index contributed by atoms with van der Waals surface area (Å²) < 4.78 is 1.84. The number of hydrogen-bond donors (Lipinski definition) is 0. The Morgan fingerprint density at radius 1 is 1.33 bits per heavy atom.